The van der Waals surface area contributed by atoms with E-state index in [9.17, 15) is 4.79 Å². The van der Waals surface area contributed by atoms with Gasteiger partial charge in [0.1, 0.15) is 11.0 Å². The summed E-state index contributed by atoms with van der Waals surface area (Å²) in [5, 5.41) is 2.02. The normalized spacial score (nSPS) is 17.2. The number of benzene rings is 1. The minimum atomic E-state index is -0.0214. The van der Waals surface area contributed by atoms with Crippen molar-refractivity contribution in [2.24, 2.45) is 0 Å². The lowest BCUT2D eigenvalue weighted by atomic mass is 10.2. The molecule has 0 saturated carbocycles. The molecule has 1 aliphatic heterocycles. The molecule has 0 aliphatic carbocycles. The molecule has 0 N–H and O–H groups in total. The Balaban J connectivity index is 1.45. The number of nitrogens with zero attached hydrogens (tertiary/aromatic N) is 3. The molecule has 1 aliphatic rings. The molecule has 3 heterocycles. The van der Waals surface area contributed by atoms with Crippen molar-refractivity contribution in [3.8, 4) is 5.88 Å². The van der Waals surface area contributed by atoms with Gasteiger partial charge in [0.2, 0.25) is 5.88 Å². The number of aryl methyl sites for hydroxylation is 2. The molecule has 1 atom stereocenters. The number of aromatic nitrogens is 2. The lowest BCUT2D eigenvalue weighted by Gasteiger charge is -2.16. The van der Waals surface area contributed by atoms with Gasteiger partial charge in [0.25, 0.3) is 5.91 Å². The molecule has 4 rings (SSSR count). The maximum atomic E-state index is 12.7. The summed E-state index contributed by atoms with van der Waals surface area (Å²) in [5.41, 5.74) is 1.73. The Hall–Kier alpha value is -2.47. The summed E-state index contributed by atoms with van der Waals surface area (Å²) in [4.78, 5) is 24.2. The Kier molecular flexibility index (Phi) is 4.13. The van der Waals surface area contributed by atoms with E-state index in [0.29, 0.717) is 19.0 Å². The molecule has 2 aromatic heterocycles. The van der Waals surface area contributed by atoms with Crippen molar-refractivity contribution >= 4 is 28.1 Å². The van der Waals surface area contributed by atoms with Crippen LogP contribution in [-0.2, 0) is 0 Å². The van der Waals surface area contributed by atoms with Crippen LogP contribution in [0.4, 0.5) is 0 Å². The summed E-state index contributed by atoms with van der Waals surface area (Å²) in [6.07, 6.45) is 0.795. The van der Waals surface area contributed by atoms with Crippen LogP contribution in [-0.4, -0.2) is 40.0 Å². The van der Waals surface area contributed by atoms with Gasteiger partial charge in [-0.3, -0.25) is 4.79 Å². The number of carbonyl (C=O) groups excluding carboxylic acids is 1. The van der Waals surface area contributed by atoms with Crippen LogP contribution >= 0.6 is 11.3 Å². The number of amides is 1. The molecule has 1 aromatic carbocycles. The highest BCUT2D eigenvalue weighted by Crippen LogP contribution is 2.24. The van der Waals surface area contributed by atoms with Crippen LogP contribution in [0.1, 0.15) is 26.8 Å². The second kappa shape index (κ2) is 6.44. The predicted octanol–water partition coefficient (Wildman–Crippen LogP) is 3.60. The first-order valence-corrected chi connectivity index (χ1v) is 9.17. The molecule has 1 unspecified atom stereocenters. The van der Waals surface area contributed by atoms with Gasteiger partial charge in [-0.2, -0.15) is 0 Å². The summed E-state index contributed by atoms with van der Waals surface area (Å²) in [5.74, 6) is 0.670. The van der Waals surface area contributed by atoms with Crippen molar-refractivity contribution in [3.63, 3.8) is 0 Å². The van der Waals surface area contributed by atoms with Crippen LogP contribution in [0, 0.1) is 13.8 Å². The third-order valence-electron chi connectivity index (χ3n) is 4.39. The highest BCUT2D eigenvalue weighted by atomic mass is 32.1. The van der Waals surface area contributed by atoms with E-state index in [1.165, 1.54) is 11.3 Å². The Morgan fingerprint density at radius 1 is 1.20 bits per heavy atom. The van der Waals surface area contributed by atoms with Gasteiger partial charge >= 0.3 is 0 Å². The van der Waals surface area contributed by atoms with Crippen molar-refractivity contribution in [3.05, 3.63) is 52.0 Å². The summed E-state index contributed by atoms with van der Waals surface area (Å²) in [6.45, 7) is 5.10. The number of para-hydroxylation sites is 1. The van der Waals surface area contributed by atoms with Crippen molar-refractivity contribution in [1.82, 2.24) is 14.9 Å². The zero-order chi connectivity index (χ0) is 17.4. The first kappa shape index (κ1) is 16.0. The number of ether oxygens (including phenoxy) is 1. The van der Waals surface area contributed by atoms with Crippen LogP contribution in [0.5, 0.6) is 5.88 Å². The number of hydrogen-bond acceptors (Lipinski definition) is 5. The molecule has 25 heavy (non-hydrogen) atoms. The van der Waals surface area contributed by atoms with Gasteiger partial charge in [0.15, 0.2) is 0 Å². The summed E-state index contributed by atoms with van der Waals surface area (Å²) in [7, 11) is 0. The van der Waals surface area contributed by atoms with E-state index in [4.69, 9.17) is 4.74 Å². The average Bonchev–Trinajstić information content (AvgIpc) is 3.20. The van der Waals surface area contributed by atoms with E-state index >= 15 is 0 Å². The number of carbonyl (C=O) groups is 1. The van der Waals surface area contributed by atoms with Crippen LogP contribution in [0.3, 0.4) is 0 Å². The summed E-state index contributed by atoms with van der Waals surface area (Å²) in [6, 6.07) is 11.9. The molecule has 5 nitrogen and oxygen atoms in total. The molecule has 1 amide bonds. The van der Waals surface area contributed by atoms with E-state index < -0.39 is 0 Å². The van der Waals surface area contributed by atoms with Crippen LogP contribution in [0.2, 0.25) is 0 Å². The standard InChI is InChI=1S/C19H19N3O2S/c1-12-18(25-13(2)20-12)19(23)22-10-9-15(11-22)24-17-8-7-14-5-3-4-6-16(14)21-17/h3-8,15H,9-11H2,1-2H3. The minimum absolute atomic E-state index is 0.0214. The summed E-state index contributed by atoms with van der Waals surface area (Å²) >= 11 is 1.46. The second-order valence-corrected chi connectivity index (χ2v) is 7.47. The Labute approximate surface area is 150 Å². The van der Waals surface area contributed by atoms with Gasteiger partial charge in [-0.05, 0) is 26.0 Å². The molecule has 0 spiro atoms. The SMILES string of the molecule is Cc1nc(C)c(C(=O)N2CCC(Oc3ccc4ccccc4n3)C2)s1. The smallest absolute Gasteiger partial charge is 0.265 e. The fourth-order valence-electron chi connectivity index (χ4n) is 3.17. The van der Waals surface area contributed by atoms with E-state index in [-0.39, 0.29) is 12.0 Å². The highest BCUT2D eigenvalue weighted by Gasteiger charge is 2.30. The molecule has 0 bridgehead atoms. The number of fused-ring (bicyclic) bond motifs is 1. The second-order valence-electron chi connectivity index (χ2n) is 6.27. The van der Waals surface area contributed by atoms with Gasteiger partial charge in [-0.15, -0.1) is 11.3 Å². The van der Waals surface area contributed by atoms with Crippen molar-refractivity contribution < 1.29 is 9.53 Å². The Bertz CT molecular complexity index is 937. The molecule has 0 radical (unpaired) electrons. The first-order valence-electron chi connectivity index (χ1n) is 8.36. The van der Waals surface area contributed by atoms with Crippen molar-refractivity contribution in [2.75, 3.05) is 13.1 Å². The van der Waals surface area contributed by atoms with E-state index in [1.807, 2.05) is 55.1 Å². The van der Waals surface area contributed by atoms with Gasteiger partial charge < -0.3 is 9.64 Å². The number of pyridine rings is 1. The molecular weight excluding hydrogens is 334 g/mol. The number of thiazole rings is 1. The van der Waals surface area contributed by atoms with Crippen LogP contribution in [0.25, 0.3) is 10.9 Å². The van der Waals surface area contributed by atoms with Gasteiger partial charge in [-0.25, -0.2) is 9.97 Å². The third kappa shape index (κ3) is 3.22. The van der Waals surface area contributed by atoms with Crippen LogP contribution < -0.4 is 4.74 Å². The average molecular weight is 353 g/mol. The topological polar surface area (TPSA) is 55.3 Å². The summed E-state index contributed by atoms with van der Waals surface area (Å²) < 4.78 is 6.02. The molecule has 1 fully saturated rings. The maximum Gasteiger partial charge on any atom is 0.265 e. The van der Waals surface area contributed by atoms with Crippen molar-refractivity contribution in [2.45, 2.75) is 26.4 Å². The number of hydrogen-bond donors (Lipinski definition) is 0. The fraction of sp³-hybridized carbons (Fsp3) is 0.316. The number of likely N-dealkylation sites (tertiary alicyclic amines) is 1. The maximum absolute atomic E-state index is 12.7. The zero-order valence-electron chi connectivity index (χ0n) is 14.2. The van der Waals surface area contributed by atoms with Gasteiger partial charge in [0.05, 0.1) is 22.8 Å². The Morgan fingerprint density at radius 3 is 2.84 bits per heavy atom. The Morgan fingerprint density at radius 2 is 2.04 bits per heavy atom. The third-order valence-corrected chi connectivity index (χ3v) is 5.45. The van der Waals surface area contributed by atoms with Crippen LogP contribution in [0.15, 0.2) is 36.4 Å². The zero-order valence-corrected chi connectivity index (χ0v) is 15.0. The van der Waals surface area contributed by atoms with E-state index in [0.717, 1.165) is 32.9 Å². The van der Waals surface area contributed by atoms with Gasteiger partial charge in [0, 0.05) is 24.4 Å². The quantitative estimate of drug-likeness (QED) is 0.722. The fourth-order valence-corrected chi connectivity index (χ4v) is 4.05. The largest absolute Gasteiger partial charge is 0.472 e. The molecule has 3 aromatic rings. The predicted molar refractivity (Wildman–Crippen MR) is 98.3 cm³/mol. The number of rotatable bonds is 3. The first-order chi connectivity index (χ1) is 12.1. The van der Waals surface area contributed by atoms with E-state index in [1.54, 1.807) is 0 Å². The highest BCUT2D eigenvalue weighted by molar-refractivity contribution is 7.13. The van der Waals surface area contributed by atoms with Gasteiger partial charge in [-0.1, -0.05) is 18.2 Å². The lowest BCUT2D eigenvalue weighted by molar-refractivity contribution is 0.0775. The van der Waals surface area contributed by atoms with E-state index in [2.05, 4.69) is 9.97 Å². The molecular formula is C19H19N3O2S. The lowest BCUT2D eigenvalue weighted by Crippen LogP contribution is -2.30. The molecule has 1 saturated heterocycles. The minimum Gasteiger partial charge on any atom is -0.472 e. The monoisotopic (exact) mass is 353 g/mol. The molecule has 128 valence electrons. The molecule has 6 heteroatoms. The van der Waals surface area contributed by atoms with Crippen molar-refractivity contribution in [1.29, 1.82) is 0 Å².